The van der Waals surface area contributed by atoms with Gasteiger partial charge in [-0.2, -0.15) is 5.10 Å². The van der Waals surface area contributed by atoms with Gasteiger partial charge in [0.1, 0.15) is 5.75 Å². The van der Waals surface area contributed by atoms with Crippen LogP contribution in [-0.4, -0.2) is 18.7 Å². The van der Waals surface area contributed by atoms with E-state index in [-0.39, 0.29) is 12.5 Å². The SMILES string of the molecule is O=C(COc1ccc(Cl)cc1Cl)N/N=C/c1ccccc1I. The zero-order valence-electron chi connectivity index (χ0n) is 11.2. The molecule has 4 nitrogen and oxygen atoms in total. The third-order valence-corrected chi connectivity index (χ3v) is 4.06. The number of benzene rings is 2. The molecule has 0 bridgehead atoms. The highest BCUT2D eigenvalue weighted by Gasteiger charge is 2.05. The molecule has 0 heterocycles. The second-order valence-electron chi connectivity index (χ2n) is 4.18. The van der Waals surface area contributed by atoms with Crippen LogP contribution in [-0.2, 0) is 4.79 Å². The minimum absolute atomic E-state index is 0.190. The first-order chi connectivity index (χ1) is 10.6. The number of nitrogens with zero attached hydrogens (tertiary/aromatic N) is 1. The van der Waals surface area contributed by atoms with Crippen molar-refractivity contribution in [1.82, 2.24) is 5.43 Å². The van der Waals surface area contributed by atoms with Crippen molar-refractivity contribution in [3.8, 4) is 5.75 Å². The molecule has 2 aromatic carbocycles. The number of ether oxygens (including phenoxy) is 1. The highest BCUT2D eigenvalue weighted by atomic mass is 127. The van der Waals surface area contributed by atoms with Crippen molar-refractivity contribution in [1.29, 1.82) is 0 Å². The Bertz CT molecular complexity index is 708. The van der Waals surface area contributed by atoms with Crippen LogP contribution in [0.1, 0.15) is 5.56 Å². The molecule has 0 spiro atoms. The maximum atomic E-state index is 11.6. The number of hydrogen-bond donors (Lipinski definition) is 1. The summed E-state index contributed by atoms with van der Waals surface area (Å²) < 4.78 is 6.35. The second kappa shape index (κ2) is 8.36. The lowest BCUT2D eigenvalue weighted by Gasteiger charge is -2.07. The maximum absolute atomic E-state index is 11.6. The molecule has 2 rings (SSSR count). The molecule has 0 unspecified atom stereocenters. The van der Waals surface area contributed by atoms with E-state index >= 15 is 0 Å². The first kappa shape index (κ1) is 17.1. The highest BCUT2D eigenvalue weighted by molar-refractivity contribution is 14.1. The van der Waals surface area contributed by atoms with Gasteiger partial charge < -0.3 is 4.74 Å². The maximum Gasteiger partial charge on any atom is 0.277 e. The molecule has 0 aliphatic rings. The number of rotatable bonds is 5. The lowest BCUT2D eigenvalue weighted by molar-refractivity contribution is -0.123. The van der Waals surface area contributed by atoms with Gasteiger partial charge in [-0.15, -0.1) is 0 Å². The minimum Gasteiger partial charge on any atom is -0.482 e. The van der Waals surface area contributed by atoms with E-state index in [1.165, 1.54) is 0 Å². The molecule has 2 aromatic rings. The summed E-state index contributed by atoms with van der Waals surface area (Å²) in [5.74, 6) is 0.0102. The first-order valence-electron chi connectivity index (χ1n) is 6.20. The Morgan fingerprint density at radius 1 is 1.27 bits per heavy atom. The van der Waals surface area contributed by atoms with Crippen LogP contribution in [0.25, 0.3) is 0 Å². The summed E-state index contributed by atoms with van der Waals surface area (Å²) in [5, 5.41) is 4.74. The van der Waals surface area contributed by atoms with E-state index in [2.05, 4.69) is 33.1 Å². The summed E-state index contributed by atoms with van der Waals surface area (Å²) in [4.78, 5) is 11.6. The van der Waals surface area contributed by atoms with Crippen LogP contribution in [0, 0.1) is 3.57 Å². The first-order valence-corrected chi connectivity index (χ1v) is 8.04. The van der Waals surface area contributed by atoms with Gasteiger partial charge in [0.15, 0.2) is 6.61 Å². The third kappa shape index (κ3) is 5.15. The molecule has 1 N–H and O–H groups in total. The van der Waals surface area contributed by atoms with Crippen LogP contribution < -0.4 is 10.2 Å². The number of carbonyl (C=O) groups excluding carboxylic acids is 1. The third-order valence-electron chi connectivity index (χ3n) is 2.55. The van der Waals surface area contributed by atoms with Gasteiger partial charge in [0.2, 0.25) is 0 Å². The van der Waals surface area contributed by atoms with Gasteiger partial charge in [-0.1, -0.05) is 41.4 Å². The number of carbonyl (C=O) groups is 1. The lowest BCUT2D eigenvalue weighted by Crippen LogP contribution is -2.24. The van der Waals surface area contributed by atoms with E-state index in [9.17, 15) is 4.79 Å². The van der Waals surface area contributed by atoms with Gasteiger partial charge in [-0.3, -0.25) is 4.79 Å². The Morgan fingerprint density at radius 3 is 2.77 bits per heavy atom. The largest absolute Gasteiger partial charge is 0.482 e. The van der Waals surface area contributed by atoms with Crippen molar-refractivity contribution in [3.63, 3.8) is 0 Å². The van der Waals surface area contributed by atoms with Crippen molar-refractivity contribution >= 4 is 57.9 Å². The van der Waals surface area contributed by atoms with Gasteiger partial charge in [0.25, 0.3) is 5.91 Å². The number of hydrogen-bond acceptors (Lipinski definition) is 3. The number of amides is 1. The van der Waals surface area contributed by atoms with Crippen molar-refractivity contribution in [3.05, 3.63) is 61.6 Å². The number of hydrazone groups is 1. The van der Waals surface area contributed by atoms with Crippen LogP contribution >= 0.6 is 45.8 Å². The summed E-state index contributed by atoms with van der Waals surface area (Å²) in [6.45, 7) is -0.190. The fourth-order valence-electron chi connectivity index (χ4n) is 1.52. The van der Waals surface area contributed by atoms with E-state index < -0.39 is 0 Å². The van der Waals surface area contributed by atoms with E-state index in [0.29, 0.717) is 15.8 Å². The quantitative estimate of drug-likeness (QED) is 0.424. The molecule has 0 aliphatic heterocycles. The molecule has 114 valence electrons. The van der Waals surface area contributed by atoms with Crippen molar-refractivity contribution in [2.75, 3.05) is 6.61 Å². The summed E-state index contributed by atoms with van der Waals surface area (Å²) in [7, 11) is 0. The Balaban J connectivity index is 1.84. The zero-order chi connectivity index (χ0) is 15.9. The molecule has 0 radical (unpaired) electrons. The van der Waals surface area contributed by atoms with Crippen LogP contribution in [0.2, 0.25) is 10.0 Å². The van der Waals surface area contributed by atoms with Gasteiger partial charge in [-0.25, -0.2) is 5.43 Å². The Labute approximate surface area is 151 Å². The van der Waals surface area contributed by atoms with E-state index in [1.807, 2.05) is 24.3 Å². The van der Waals surface area contributed by atoms with E-state index in [1.54, 1.807) is 24.4 Å². The molecular weight excluding hydrogens is 438 g/mol. The molecule has 1 amide bonds. The fourth-order valence-corrected chi connectivity index (χ4v) is 2.51. The smallest absolute Gasteiger partial charge is 0.277 e. The molecular formula is C15H11Cl2IN2O2. The summed E-state index contributed by atoms with van der Waals surface area (Å²) >= 11 is 13.9. The summed E-state index contributed by atoms with van der Waals surface area (Å²) in [6.07, 6.45) is 1.58. The average Bonchev–Trinajstić information content (AvgIpc) is 2.48. The van der Waals surface area contributed by atoms with Crippen LogP contribution in [0.4, 0.5) is 0 Å². The average molecular weight is 449 g/mol. The van der Waals surface area contributed by atoms with E-state index in [4.69, 9.17) is 27.9 Å². The van der Waals surface area contributed by atoms with Gasteiger partial charge in [-0.05, 0) is 46.9 Å². The predicted octanol–water partition coefficient (Wildman–Crippen LogP) is 4.13. The molecule has 0 saturated heterocycles. The normalized spacial score (nSPS) is 10.7. The topological polar surface area (TPSA) is 50.7 Å². The van der Waals surface area contributed by atoms with Gasteiger partial charge >= 0.3 is 0 Å². The summed E-state index contributed by atoms with van der Waals surface area (Å²) in [5.41, 5.74) is 3.31. The molecule has 0 saturated carbocycles. The Kier molecular flexibility index (Phi) is 6.48. The van der Waals surface area contributed by atoms with Gasteiger partial charge in [0.05, 0.1) is 11.2 Å². The fraction of sp³-hybridized carbons (Fsp3) is 0.0667. The Hall–Kier alpha value is -1.31. The van der Waals surface area contributed by atoms with Crippen LogP contribution in [0.5, 0.6) is 5.75 Å². The monoisotopic (exact) mass is 448 g/mol. The minimum atomic E-state index is -0.381. The molecule has 0 fully saturated rings. The lowest BCUT2D eigenvalue weighted by atomic mass is 10.2. The molecule has 0 aliphatic carbocycles. The number of nitrogens with one attached hydrogen (secondary N) is 1. The molecule has 0 atom stereocenters. The molecule has 22 heavy (non-hydrogen) atoms. The van der Waals surface area contributed by atoms with Gasteiger partial charge in [0, 0.05) is 14.2 Å². The molecule has 7 heteroatoms. The highest BCUT2D eigenvalue weighted by Crippen LogP contribution is 2.27. The standard InChI is InChI=1S/C15H11Cl2IN2O2/c16-11-5-6-14(12(17)7-11)22-9-15(21)20-19-8-10-3-1-2-4-13(10)18/h1-8H,9H2,(H,20,21)/b19-8+. The van der Waals surface area contributed by atoms with Crippen molar-refractivity contribution in [2.45, 2.75) is 0 Å². The number of halogens is 3. The van der Waals surface area contributed by atoms with Crippen LogP contribution in [0.3, 0.4) is 0 Å². The molecule has 0 aromatic heterocycles. The van der Waals surface area contributed by atoms with E-state index in [0.717, 1.165) is 9.13 Å². The van der Waals surface area contributed by atoms with Crippen molar-refractivity contribution in [2.24, 2.45) is 5.10 Å². The van der Waals surface area contributed by atoms with Crippen LogP contribution in [0.15, 0.2) is 47.6 Å². The van der Waals surface area contributed by atoms with Crippen molar-refractivity contribution < 1.29 is 9.53 Å². The predicted molar refractivity (Wildman–Crippen MR) is 96.9 cm³/mol. The second-order valence-corrected chi connectivity index (χ2v) is 6.18. The zero-order valence-corrected chi connectivity index (χ0v) is 14.9. The summed E-state index contributed by atoms with van der Waals surface area (Å²) in [6, 6.07) is 12.5. The Morgan fingerprint density at radius 2 is 2.05 bits per heavy atom.